The maximum atomic E-state index is 12.9. The predicted octanol–water partition coefficient (Wildman–Crippen LogP) is 3.20. The van der Waals surface area contributed by atoms with Crippen LogP contribution in [-0.2, 0) is 6.42 Å². The molecule has 5 heteroatoms. The molecule has 0 radical (unpaired) electrons. The van der Waals surface area contributed by atoms with Crippen molar-refractivity contribution in [3.63, 3.8) is 0 Å². The van der Waals surface area contributed by atoms with E-state index < -0.39 is 0 Å². The van der Waals surface area contributed by atoms with Gasteiger partial charge in [-0.1, -0.05) is 18.2 Å². The van der Waals surface area contributed by atoms with E-state index in [4.69, 9.17) is 4.74 Å². The van der Waals surface area contributed by atoms with E-state index in [1.165, 1.54) is 0 Å². The van der Waals surface area contributed by atoms with Gasteiger partial charge >= 0.3 is 0 Å². The zero-order chi connectivity index (χ0) is 19.6. The van der Waals surface area contributed by atoms with Gasteiger partial charge in [0.2, 0.25) is 0 Å². The zero-order valence-electron chi connectivity index (χ0n) is 16.1. The van der Waals surface area contributed by atoms with Gasteiger partial charge in [-0.25, -0.2) is 0 Å². The van der Waals surface area contributed by atoms with Gasteiger partial charge in [0.1, 0.15) is 5.75 Å². The molecule has 1 aliphatic heterocycles. The average molecular weight is 364 g/mol. The monoisotopic (exact) mass is 364 g/mol. The van der Waals surface area contributed by atoms with Crippen molar-refractivity contribution in [2.75, 3.05) is 14.2 Å². The highest BCUT2D eigenvalue weighted by atomic mass is 16.5. The van der Waals surface area contributed by atoms with E-state index in [-0.39, 0.29) is 17.2 Å². The largest absolute Gasteiger partial charge is 0.497 e. The zero-order valence-corrected chi connectivity index (χ0v) is 16.1. The third kappa shape index (κ3) is 4.03. The molecule has 0 aliphatic carbocycles. The molecule has 5 nitrogen and oxygen atoms in total. The molecule has 0 spiro atoms. The van der Waals surface area contributed by atoms with Crippen LogP contribution >= 0.6 is 0 Å². The van der Waals surface area contributed by atoms with Crippen molar-refractivity contribution >= 4 is 17.4 Å². The second-order valence-corrected chi connectivity index (χ2v) is 7.29. The van der Waals surface area contributed by atoms with Crippen molar-refractivity contribution in [3.05, 3.63) is 70.8 Å². The highest BCUT2D eigenvalue weighted by molar-refractivity contribution is 6.10. The van der Waals surface area contributed by atoms with Crippen molar-refractivity contribution in [2.45, 2.75) is 25.8 Å². The Morgan fingerprint density at radius 1 is 1.15 bits per heavy atom. The summed E-state index contributed by atoms with van der Waals surface area (Å²) in [5.74, 6) is 0.370. The minimum absolute atomic E-state index is 0.158. The van der Waals surface area contributed by atoms with E-state index in [1.807, 2.05) is 18.2 Å². The lowest BCUT2D eigenvalue weighted by atomic mass is 9.85. The Balaban J connectivity index is 2.01. The number of carbonyl (C=O) groups excluding carboxylic acids is 2. The molecule has 140 valence electrons. The molecule has 2 N–H and O–H groups in total. The number of allylic oxidation sites excluding steroid dienone is 1. The second-order valence-electron chi connectivity index (χ2n) is 7.29. The SMILES string of the molecule is CNC(=O)c1cccc(C(=O)C=C2NC(C)(C)Cc3ccc(OC)cc32)c1. The summed E-state index contributed by atoms with van der Waals surface area (Å²) in [6.45, 7) is 4.20. The van der Waals surface area contributed by atoms with Gasteiger partial charge in [-0.2, -0.15) is 0 Å². The topological polar surface area (TPSA) is 67.4 Å². The molecule has 0 aromatic heterocycles. The van der Waals surface area contributed by atoms with Crippen molar-refractivity contribution in [3.8, 4) is 5.75 Å². The number of nitrogens with one attached hydrogen (secondary N) is 2. The van der Waals surface area contributed by atoms with Gasteiger partial charge in [0.25, 0.3) is 5.91 Å². The lowest BCUT2D eigenvalue weighted by Crippen LogP contribution is -2.43. The molecular weight excluding hydrogens is 340 g/mol. The van der Waals surface area contributed by atoms with Crippen molar-refractivity contribution < 1.29 is 14.3 Å². The first-order valence-electron chi connectivity index (χ1n) is 8.86. The van der Waals surface area contributed by atoms with Gasteiger partial charge in [0.05, 0.1) is 7.11 Å². The van der Waals surface area contributed by atoms with Crippen LogP contribution in [-0.4, -0.2) is 31.4 Å². The van der Waals surface area contributed by atoms with Crippen LogP contribution < -0.4 is 15.4 Å². The van der Waals surface area contributed by atoms with E-state index in [0.717, 1.165) is 29.0 Å². The number of benzene rings is 2. The summed E-state index contributed by atoms with van der Waals surface area (Å²) in [6.07, 6.45) is 2.45. The van der Waals surface area contributed by atoms with E-state index in [0.29, 0.717) is 11.1 Å². The summed E-state index contributed by atoms with van der Waals surface area (Å²) in [5, 5.41) is 6.03. The van der Waals surface area contributed by atoms with Crippen LogP contribution in [0.1, 0.15) is 45.7 Å². The lowest BCUT2D eigenvalue weighted by molar-refractivity contribution is 0.0963. The Bertz CT molecular complexity index is 929. The van der Waals surface area contributed by atoms with Crippen LogP contribution in [0.15, 0.2) is 48.5 Å². The van der Waals surface area contributed by atoms with Crippen molar-refractivity contribution in [1.29, 1.82) is 0 Å². The first kappa shape index (κ1) is 18.7. The summed E-state index contributed by atoms with van der Waals surface area (Å²) >= 11 is 0. The molecule has 27 heavy (non-hydrogen) atoms. The van der Waals surface area contributed by atoms with Gasteiger partial charge in [0, 0.05) is 41.1 Å². The molecule has 2 aromatic rings. The van der Waals surface area contributed by atoms with Crippen LogP contribution in [0.25, 0.3) is 5.70 Å². The summed E-state index contributed by atoms with van der Waals surface area (Å²) in [6, 6.07) is 12.6. The molecule has 1 amide bonds. The molecule has 1 aliphatic rings. The van der Waals surface area contributed by atoms with Crippen LogP contribution in [0.3, 0.4) is 0 Å². The standard InChI is InChI=1S/C22H24N2O3/c1-22(2)13-16-8-9-17(27-4)11-18(16)19(24-22)12-20(25)14-6-5-7-15(10-14)21(26)23-3/h5-12,24H,13H2,1-4H3,(H,23,26). The van der Waals surface area contributed by atoms with Crippen LogP contribution in [0.5, 0.6) is 5.75 Å². The summed E-state index contributed by atoms with van der Waals surface area (Å²) in [5.41, 5.74) is 3.65. The minimum Gasteiger partial charge on any atom is -0.497 e. The second kappa shape index (κ2) is 7.27. The summed E-state index contributed by atoms with van der Waals surface area (Å²) in [4.78, 5) is 24.7. The molecular formula is C22H24N2O3. The van der Waals surface area contributed by atoms with Crippen molar-refractivity contribution in [1.82, 2.24) is 10.6 Å². The highest BCUT2D eigenvalue weighted by Gasteiger charge is 2.28. The smallest absolute Gasteiger partial charge is 0.251 e. The summed E-state index contributed by atoms with van der Waals surface area (Å²) in [7, 11) is 3.19. The minimum atomic E-state index is -0.218. The Hall–Kier alpha value is -3.08. The molecule has 0 saturated carbocycles. The number of hydrogen-bond acceptors (Lipinski definition) is 4. The van der Waals surface area contributed by atoms with Gasteiger partial charge in [-0.15, -0.1) is 0 Å². The fraction of sp³-hybridized carbons (Fsp3) is 0.273. The molecule has 2 aromatic carbocycles. The van der Waals surface area contributed by atoms with Crippen LogP contribution in [0.4, 0.5) is 0 Å². The number of ketones is 1. The van der Waals surface area contributed by atoms with Gasteiger partial charge in [-0.3, -0.25) is 9.59 Å². The predicted molar refractivity (Wildman–Crippen MR) is 106 cm³/mol. The maximum Gasteiger partial charge on any atom is 0.251 e. The molecule has 0 atom stereocenters. The first-order valence-corrected chi connectivity index (χ1v) is 8.86. The van der Waals surface area contributed by atoms with Gasteiger partial charge in [-0.05, 0) is 50.1 Å². The number of rotatable bonds is 4. The van der Waals surface area contributed by atoms with Gasteiger partial charge < -0.3 is 15.4 Å². The highest BCUT2D eigenvalue weighted by Crippen LogP contribution is 2.32. The van der Waals surface area contributed by atoms with E-state index >= 15 is 0 Å². The maximum absolute atomic E-state index is 12.9. The number of hydrogen-bond donors (Lipinski definition) is 2. The Kier molecular flexibility index (Phi) is 5.04. The molecule has 0 saturated heterocycles. The Morgan fingerprint density at radius 2 is 1.89 bits per heavy atom. The van der Waals surface area contributed by atoms with Gasteiger partial charge in [0.15, 0.2) is 5.78 Å². The van der Waals surface area contributed by atoms with Crippen LogP contribution in [0.2, 0.25) is 0 Å². The fourth-order valence-corrected chi connectivity index (χ4v) is 3.33. The van der Waals surface area contributed by atoms with E-state index in [1.54, 1.807) is 44.5 Å². The lowest BCUT2D eigenvalue weighted by Gasteiger charge is -2.35. The Labute approximate surface area is 159 Å². The average Bonchev–Trinajstić information content (AvgIpc) is 2.66. The molecule has 3 rings (SSSR count). The Morgan fingerprint density at radius 3 is 2.59 bits per heavy atom. The number of ether oxygens (including phenoxy) is 1. The molecule has 0 unspecified atom stereocenters. The number of carbonyl (C=O) groups is 2. The van der Waals surface area contributed by atoms with Crippen LogP contribution in [0, 0.1) is 0 Å². The third-order valence-electron chi connectivity index (χ3n) is 4.62. The molecule has 0 bridgehead atoms. The van der Waals surface area contributed by atoms with Crippen molar-refractivity contribution in [2.24, 2.45) is 0 Å². The molecule has 0 fully saturated rings. The normalized spacial score (nSPS) is 16.2. The fourth-order valence-electron chi connectivity index (χ4n) is 3.33. The number of amides is 1. The quantitative estimate of drug-likeness (QED) is 0.646. The van der Waals surface area contributed by atoms with E-state index in [2.05, 4.69) is 24.5 Å². The van der Waals surface area contributed by atoms with E-state index in [9.17, 15) is 9.59 Å². The number of methoxy groups -OCH3 is 1. The first-order chi connectivity index (χ1) is 12.8. The summed E-state index contributed by atoms with van der Waals surface area (Å²) < 4.78 is 5.34. The number of fused-ring (bicyclic) bond motifs is 1. The third-order valence-corrected chi connectivity index (χ3v) is 4.62. The molecule has 1 heterocycles.